The number of hydrogen-bond donors (Lipinski definition) is 1. The first-order valence-corrected chi connectivity index (χ1v) is 8.24. The second-order valence-corrected chi connectivity index (χ2v) is 6.27. The van der Waals surface area contributed by atoms with E-state index in [0.717, 1.165) is 17.5 Å². The first-order valence-electron chi connectivity index (χ1n) is 8.24. The van der Waals surface area contributed by atoms with Crippen LogP contribution in [0.3, 0.4) is 0 Å². The second-order valence-electron chi connectivity index (χ2n) is 6.27. The molecule has 24 heavy (non-hydrogen) atoms. The fourth-order valence-electron chi connectivity index (χ4n) is 3.20. The molecule has 1 aliphatic heterocycles. The van der Waals surface area contributed by atoms with E-state index < -0.39 is 6.04 Å². The van der Waals surface area contributed by atoms with E-state index in [1.165, 1.54) is 0 Å². The number of carbonyl (C=O) groups excluding carboxylic acids is 2. The first kappa shape index (κ1) is 16.3. The Kier molecular flexibility index (Phi) is 4.69. The maximum atomic E-state index is 12.9. The first-order chi connectivity index (χ1) is 11.6. The van der Waals surface area contributed by atoms with Gasteiger partial charge in [-0.1, -0.05) is 17.7 Å². The third-order valence-electron chi connectivity index (χ3n) is 4.45. The van der Waals surface area contributed by atoms with Crippen LogP contribution in [-0.4, -0.2) is 29.3 Å². The smallest absolute Gasteiger partial charge is 0.254 e. The molecule has 0 radical (unpaired) electrons. The van der Waals surface area contributed by atoms with Crippen molar-refractivity contribution >= 4 is 11.8 Å². The summed E-state index contributed by atoms with van der Waals surface area (Å²) < 4.78 is 5.22. The number of rotatable bonds is 4. The van der Waals surface area contributed by atoms with E-state index in [2.05, 4.69) is 5.32 Å². The normalized spacial score (nSPS) is 17.1. The van der Waals surface area contributed by atoms with E-state index in [-0.39, 0.29) is 11.8 Å². The lowest BCUT2D eigenvalue weighted by Gasteiger charge is -2.24. The predicted octanol–water partition coefficient (Wildman–Crippen LogP) is 2.82. The van der Waals surface area contributed by atoms with Crippen molar-refractivity contribution in [2.24, 2.45) is 0 Å². The number of aryl methyl sites for hydroxylation is 2. The lowest BCUT2D eigenvalue weighted by molar-refractivity contribution is -0.125. The molecule has 2 aromatic rings. The van der Waals surface area contributed by atoms with Crippen LogP contribution in [0.1, 0.15) is 40.1 Å². The van der Waals surface area contributed by atoms with Gasteiger partial charge in [0.2, 0.25) is 5.91 Å². The summed E-state index contributed by atoms with van der Waals surface area (Å²) in [6, 6.07) is 8.97. The molecular formula is C19H22N2O3. The predicted molar refractivity (Wildman–Crippen MR) is 90.5 cm³/mol. The molecule has 0 bridgehead atoms. The van der Waals surface area contributed by atoms with Crippen molar-refractivity contribution in [2.75, 3.05) is 6.54 Å². The number of nitrogens with one attached hydrogen (secondary N) is 1. The van der Waals surface area contributed by atoms with Crippen LogP contribution in [0.4, 0.5) is 0 Å². The van der Waals surface area contributed by atoms with Crippen LogP contribution in [0.5, 0.6) is 0 Å². The van der Waals surface area contributed by atoms with Gasteiger partial charge >= 0.3 is 0 Å². The number of likely N-dealkylation sites (tertiary alicyclic amines) is 1. The van der Waals surface area contributed by atoms with Crippen molar-refractivity contribution in [3.63, 3.8) is 0 Å². The molecular weight excluding hydrogens is 304 g/mol. The Morgan fingerprint density at radius 2 is 2.12 bits per heavy atom. The highest BCUT2D eigenvalue weighted by molar-refractivity contribution is 5.99. The van der Waals surface area contributed by atoms with Gasteiger partial charge in [0, 0.05) is 12.1 Å². The van der Waals surface area contributed by atoms with Gasteiger partial charge in [-0.2, -0.15) is 0 Å². The molecule has 2 heterocycles. The number of furan rings is 1. The summed E-state index contributed by atoms with van der Waals surface area (Å²) in [4.78, 5) is 27.0. The summed E-state index contributed by atoms with van der Waals surface area (Å²) in [5, 5.41) is 2.86. The van der Waals surface area contributed by atoms with Gasteiger partial charge in [-0.25, -0.2) is 0 Å². The standard InChI is InChI=1S/C19H22N2O3/c1-13-7-8-16(14(2)11-13)19(23)21-9-3-6-17(21)18(22)20-12-15-5-4-10-24-15/h4-5,7-8,10-11,17H,3,6,9,12H2,1-2H3,(H,20,22). The number of nitrogens with zero attached hydrogens (tertiary/aromatic N) is 1. The second kappa shape index (κ2) is 6.91. The third kappa shape index (κ3) is 3.35. The summed E-state index contributed by atoms with van der Waals surface area (Å²) in [5.74, 6) is 0.513. The monoisotopic (exact) mass is 326 g/mol. The fraction of sp³-hybridized carbons (Fsp3) is 0.368. The zero-order valence-electron chi connectivity index (χ0n) is 14.0. The van der Waals surface area contributed by atoms with Gasteiger partial charge < -0.3 is 14.6 Å². The third-order valence-corrected chi connectivity index (χ3v) is 4.45. The van der Waals surface area contributed by atoms with Gasteiger partial charge in [-0.05, 0) is 50.5 Å². The van der Waals surface area contributed by atoms with Gasteiger partial charge in [0.25, 0.3) is 5.91 Å². The molecule has 1 aliphatic rings. The number of carbonyl (C=O) groups is 2. The Morgan fingerprint density at radius 3 is 2.83 bits per heavy atom. The molecule has 2 amide bonds. The van der Waals surface area contributed by atoms with E-state index in [9.17, 15) is 9.59 Å². The molecule has 1 atom stereocenters. The minimum atomic E-state index is -0.409. The van der Waals surface area contributed by atoms with Gasteiger partial charge in [-0.3, -0.25) is 9.59 Å². The van der Waals surface area contributed by atoms with Gasteiger partial charge in [-0.15, -0.1) is 0 Å². The lowest BCUT2D eigenvalue weighted by Crippen LogP contribution is -2.45. The topological polar surface area (TPSA) is 62.6 Å². The Bertz CT molecular complexity index is 737. The van der Waals surface area contributed by atoms with Crippen molar-refractivity contribution in [2.45, 2.75) is 39.3 Å². The molecule has 3 rings (SSSR count). The van der Waals surface area contributed by atoms with E-state index >= 15 is 0 Å². The van der Waals surface area contributed by atoms with E-state index in [1.54, 1.807) is 17.2 Å². The minimum absolute atomic E-state index is 0.0665. The number of amides is 2. The Morgan fingerprint density at radius 1 is 1.29 bits per heavy atom. The molecule has 5 nitrogen and oxygen atoms in total. The Labute approximate surface area is 141 Å². The lowest BCUT2D eigenvalue weighted by atomic mass is 10.0. The molecule has 1 N–H and O–H groups in total. The maximum Gasteiger partial charge on any atom is 0.254 e. The quantitative estimate of drug-likeness (QED) is 0.940. The minimum Gasteiger partial charge on any atom is -0.467 e. The van der Waals surface area contributed by atoms with Crippen molar-refractivity contribution in [3.05, 3.63) is 59.0 Å². The molecule has 0 spiro atoms. The van der Waals surface area contributed by atoms with Crippen molar-refractivity contribution in [3.8, 4) is 0 Å². The van der Waals surface area contributed by atoms with Gasteiger partial charge in [0.05, 0.1) is 12.8 Å². The average Bonchev–Trinajstić information content (AvgIpc) is 3.23. The van der Waals surface area contributed by atoms with Crippen LogP contribution in [0.15, 0.2) is 41.0 Å². The highest BCUT2D eigenvalue weighted by atomic mass is 16.3. The van der Waals surface area contributed by atoms with Gasteiger partial charge in [0.1, 0.15) is 11.8 Å². The Hall–Kier alpha value is -2.56. The number of hydrogen-bond acceptors (Lipinski definition) is 3. The summed E-state index contributed by atoms with van der Waals surface area (Å²) in [5.41, 5.74) is 2.74. The fourth-order valence-corrected chi connectivity index (χ4v) is 3.20. The average molecular weight is 326 g/mol. The van der Waals surface area contributed by atoms with Crippen LogP contribution >= 0.6 is 0 Å². The van der Waals surface area contributed by atoms with Crippen LogP contribution in [-0.2, 0) is 11.3 Å². The molecule has 126 valence electrons. The highest BCUT2D eigenvalue weighted by Gasteiger charge is 2.34. The molecule has 1 aromatic carbocycles. The van der Waals surface area contributed by atoms with Gasteiger partial charge in [0.15, 0.2) is 0 Å². The summed E-state index contributed by atoms with van der Waals surface area (Å²) in [6.07, 6.45) is 3.11. The maximum absolute atomic E-state index is 12.9. The molecule has 1 unspecified atom stereocenters. The van der Waals surface area contributed by atoms with Crippen LogP contribution in [0, 0.1) is 13.8 Å². The molecule has 1 fully saturated rings. The van der Waals surface area contributed by atoms with Crippen LogP contribution < -0.4 is 5.32 Å². The van der Waals surface area contributed by atoms with E-state index in [1.807, 2.05) is 38.1 Å². The summed E-state index contributed by atoms with van der Waals surface area (Å²) in [6.45, 7) is 4.89. The number of benzene rings is 1. The van der Waals surface area contributed by atoms with E-state index in [0.29, 0.717) is 30.8 Å². The molecule has 0 saturated carbocycles. The summed E-state index contributed by atoms with van der Waals surface area (Å²) >= 11 is 0. The summed E-state index contributed by atoms with van der Waals surface area (Å²) in [7, 11) is 0. The molecule has 5 heteroatoms. The zero-order valence-corrected chi connectivity index (χ0v) is 14.0. The highest BCUT2D eigenvalue weighted by Crippen LogP contribution is 2.22. The Balaban J connectivity index is 1.70. The van der Waals surface area contributed by atoms with Crippen molar-refractivity contribution in [1.82, 2.24) is 10.2 Å². The van der Waals surface area contributed by atoms with E-state index in [4.69, 9.17) is 4.42 Å². The van der Waals surface area contributed by atoms with Crippen LogP contribution in [0.25, 0.3) is 0 Å². The molecule has 1 aromatic heterocycles. The molecule has 1 saturated heterocycles. The van der Waals surface area contributed by atoms with Crippen LogP contribution in [0.2, 0.25) is 0 Å². The zero-order chi connectivity index (χ0) is 17.1. The SMILES string of the molecule is Cc1ccc(C(=O)N2CCCC2C(=O)NCc2ccco2)c(C)c1. The van der Waals surface area contributed by atoms with Crippen molar-refractivity contribution < 1.29 is 14.0 Å². The van der Waals surface area contributed by atoms with Crippen molar-refractivity contribution in [1.29, 1.82) is 0 Å². The molecule has 0 aliphatic carbocycles. The largest absolute Gasteiger partial charge is 0.467 e.